The van der Waals surface area contributed by atoms with Crippen LogP contribution in [0.4, 0.5) is 0 Å². The van der Waals surface area contributed by atoms with Gasteiger partial charge in [-0.2, -0.15) is 0 Å². The number of ether oxygens (including phenoxy) is 1. The monoisotopic (exact) mass is 248 g/mol. The predicted octanol–water partition coefficient (Wildman–Crippen LogP) is 2.11. The smallest absolute Gasteiger partial charge is 0.269 e. The minimum absolute atomic E-state index is 0.124. The summed E-state index contributed by atoms with van der Waals surface area (Å²) in [6, 6.07) is 3.73. The fourth-order valence-corrected chi connectivity index (χ4v) is 1.98. The molecule has 1 fully saturated rings. The van der Waals surface area contributed by atoms with Crippen LogP contribution in [0.1, 0.15) is 48.7 Å². The number of rotatable bonds is 4. The van der Waals surface area contributed by atoms with Gasteiger partial charge in [-0.25, -0.2) is 0 Å². The molecule has 0 saturated carbocycles. The lowest BCUT2D eigenvalue weighted by molar-refractivity contribution is 0.0853. The van der Waals surface area contributed by atoms with Crippen LogP contribution in [-0.4, -0.2) is 30.1 Å². The molecular formula is C14H20N2O2. The summed E-state index contributed by atoms with van der Waals surface area (Å²) < 4.78 is 5.45. The molecule has 0 aliphatic carbocycles. The third-order valence-corrected chi connectivity index (χ3v) is 3.20. The Bertz CT molecular complexity index is 395. The Kier molecular flexibility index (Phi) is 4.31. The molecule has 1 saturated heterocycles. The van der Waals surface area contributed by atoms with E-state index in [-0.39, 0.29) is 12.0 Å². The van der Waals surface area contributed by atoms with Gasteiger partial charge in [-0.3, -0.25) is 9.78 Å². The van der Waals surface area contributed by atoms with E-state index >= 15 is 0 Å². The van der Waals surface area contributed by atoms with Crippen LogP contribution >= 0.6 is 0 Å². The molecule has 1 aromatic heterocycles. The van der Waals surface area contributed by atoms with Crippen molar-refractivity contribution in [2.45, 2.75) is 38.7 Å². The quantitative estimate of drug-likeness (QED) is 0.888. The maximum absolute atomic E-state index is 11.9. The standard InChI is InChI=1S/C14H20N2O2/c1-10(2)11-5-6-13(15-8-11)14(17)16-9-12-4-3-7-18-12/h5-6,8,10,12H,3-4,7,9H2,1-2H3,(H,16,17). The van der Waals surface area contributed by atoms with Crippen LogP contribution in [0.25, 0.3) is 0 Å². The minimum atomic E-state index is -0.124. The molecule has 0 aromatic carbocycles. The molecule has 4 nitrogen and oxygen atoms in total. The lowest BCUT2D eigenvalue weighted by Gasteiger charge is -2.11. The molecule has 2 heterocycles. The number of carbonyl (C=O) groups excluding carboxylic acids is 1. The summed E-state index contributed by atoms with van der Waals surface area (Å²) in [5, 5.41) is 2.86. The molecule has 0 bridgehead atoms. The van der Waals surface area contributed by atoms with Crippen molar-refractivity contribution in [3.63, 3.8) is 0 Å². The third-order valence-electron chi connectivity index (χ3n) is 3.20. The lowest BCUT2D eigenvalue weighted by atomic mass is 10.1. The SMILES string of the molecule is CC(C)c1ccc(C(=O)NCC2CCCO2)nc1. The number of nitrogens with zero attached hydrogens (tertiary/aromatic N) is 1. The molecule has 1 N–H and O–H groups in total. The second kappa shape index (κ2) is 5.96. The van der Waals surface area contributed by atoms with E-state index in [4.69, 9.17) is 4.74 Å². The Morgan fingerprint density at radius 1 is 1.56 bits per heavy atom. The third kappa shape index (κ3) is 3.29. The number of nitrogens with one attached hydrogen (secondary N) is 1. The van der Waals surface area contributed by atoms with Crippen molar-refractivity contribution >= 4 is 5.91 Å². The van der Waals surface area contributed by atoms with Crippen LogP contribution in [0.2, 0.25) is 0 Å². The fourth-order valence-electron chi connectivity index (χ4n) is 1.98. The normalized spacial score (nSPS) is 19.2. The number of amides is 1. The van der Waals surface area contributed by atoms with E-state index in [9.17, 15) is 4.79 Å². The van der Waals surface area contributed by atoms with Crippen molar-refractivity contribution in [2.75, 3.05) is 13.2 Å². The Balaban J connectivity index is 1.87. The number of pyridine rings is 1. The van der Waals surface area contributed by atoms with Crippen molar-refractivity contribution in [3.05, 3.63) is 29.6 Å². The summed E-state index contributed by atoms with van der Waals surface area (Å²) in [5.74, 6) is 0.308. The van der Waals surface area contributed by atoms with Crippen molar-refractivity contribution in [2.24, 2.45) is 0 Å². The van der Waals surface area contributed by atoms with Gasteiger partial charge in [-0.1, -0.05) is 19.9 Å². The van der Waals surface area contributed by atoms with Gasteiger partial charge < -0.3 is 10.1 Å². The van der Waals surface area contributed by atoms with Crippen molar-refractivity contribution in [1.82, 2.24) is 10.3 Å². The summed E-state index contributed by atoms with van der Waals surface area (Å²) in [6.45, 7) is 5.59. The second-order valence-corrected chi connectivity index (χ2v) is 4.98. The largest absolute Gasteiger partial charge is 0.376 e. The first kappa shape index (κ1) is 13.0. The Morgan fingerprint density at radius 2 is 2.39 bits per heavy atom. The van der Waals surface area contributed by atoms with Gasteiger partial charge in [0, 0.05) is 19.3 Å². The van der Waals surface area contributed by atoms with Crippen LogP contribution in [0.15, 0.2) is 18.3 Å². The maximum Gasteiger partial charge on any atom is 0.269 e. The zero-order chi connectivity index (χ0) is 13.0. The molecular weight excluding hydrogens is 228 g/mol. The molecule has 98 valence electrons. The first-order valence-corrected chi connectivity index (χ1v) is 6.52. The van der Waals surface area contributed by atoms with Crippen molar-refractivity contribution < 1.29 is 9.53 Å². The Hall–Kier alpha value is -1.42. The summed E-state index contributed by atoms with van der Waals surface area (Å²) >= 11 is 0. The molecule has 1 aliphatic heterocycles. The average Bonchev–Trinajstić information content (AvgIpc) is 2.89. The number of hydrogen-bond donors (Lipinski definition) is 1. The van der Waals surface area contributed by atoms with Crippen LogP contribution in [0, 0.1) is 0 Å². The van der Waals surface area contributed by atoms with Crippen LogP contribution < -0.4 is 5.32 Å². The fraction of sp³-hybridized carbons (Fsp3) is 0.571. The molecule has 0 spiro atoms. The van der Waals surface area contributed by atoms with E-state index in [0.717, 1.165) is 25.0 Å². The van der Waals surface area contributed by atoms with Crippen LogP contribution in [-0.2, 0) is 4.74 Å². The van der Waals surface area contributed by atoms with Crippen LogP contribution in [0.5, 0.6) is 0 Å². The highest BCUT2D eigenvalue weighted by Crippen LogP contribution is 2.13. The molecule has 0 radical (unpaired) electrons. The molecule has 18 heavy (non-hydrogen) atoms. The molecule has 1 aromatic rings. The van der Waals surface area contributed by atoms with E-state index in [0.29, 0.717) is 18.2 Å². The van der Waals surface area contributed by atoms with Gasteiger partial charge >= 0.3 is 0 Å². The minimum Gasteiger partial charge on any atom is -0.376 e. The highest BCUT2D eigenvalue weighted by Gasteiger charge is 2.17. The topological polar surface area (TPSA) is 51.2 Å². The number of aromatic nitrogens is 1. The van der Waals surface area contributed by atoms with Crippen LogP contribution in [0.3, 0.4) is 0 Å². The zero-order valence-electron chi connectivity index (χ0n) is 11.0. The van der Waals surface area contributed by atoms with E-state index in [1.54, 1.807) is 12.3 Å². The Labute approximate surface area is 108 Å². The van der Waals surface area contributed by atoms with E-state index < -0.39 is 0 Å². The predicted molar refractivity (Wildman–Crippen MR) is 69.6 cm³/mol. The van der Waals surface area contributed by atoms with Gasteiger partial charge in [0.2, 0.25) is 0 Å². The highest BCUT2D eigenvalue weighted by atomic mass is 16.5. The average molecular weight is 248 g/mol. The zero-order valence-corrected chi connectivity index (χ0v) is 11.0. The van der Waals surface area contributed by atoms with Gasteiger partial charge in [0.1, 0.15) is 5.69 Å². The van der Waals surface area contributed by atoms with E-state index in [2.05, 4.69) is 24.1 Å². The highest BCUT2D eigenvalue weighted by molar-refractivity contribution is 5.92. The van der Waals surface area contributed by atoms with Gasteiger partial charge in [0.15, 0.2) is 0 Å². The van der Waals surface area contributed by atoms with Crippen molar-refractivity contribution in [3.8, 4) is 0 Å². The summed E-state index contributed by atoms with van der Waals surface area (Å²) in [4.78, 5) is 16.0. The van der Waals surface area contributed by atoms with Gasteiger partial charge in [0.25, 0.3) is 5.91 Å². The van der Waals surface area contributed by atoms with Crippen molar-refractivity contribution in [1.29, 1.82) is 0 Å². The summed E-state index contributed by atoms with van der Waals surface area (Å²) in [7, 11) is 0. The molecule has 1 amide bonds. The summed E-state index contributed by atoms with van der Waals surface area (Å²) in [5.41, 5.74) is 1.61. The molecule has 4 heteroatoms. The molecule has 2 rings (SSSR count). The molecule has 1 atom stereocenters. The first-order valence-electron chi connectivity index (χ1n) is 6.52. The lowest BCUT2D eigenvalue weighted by Crippen LogP contribution is -2.32. The number of carbonyl (C=O) groups is 1. The Morgan fingerprint density at radius 3 is 2.94 bits per heavy atom. The molecule has 1 aliphatic rings. The van der Waals surface area contributed by atoms with Gasteiger partial charge in [-0.15, -0.1) is 0 Å². The van der Waals surface area contributed by atoms with E-state index in [1.807, 2.05) is 6.07 Å². The second-order valence-electron chi connectivity index (χ2n) is 4.98. The van der Waals surface area contributed by atoms with Gasteiger partial charge in [0.05, 0.1) is 6.10 Å². The summed E-state index contributed by atoms with van der Waals surface area (Å²) in [6.07, 6.45) is 4.05. The molecule has 1 unspecified atom stereocenters. The van der Waals surface area contributed by atoms with Gasteiger partial charge in [-0.05, 0) is 30.4 Å². The first-order chi connectivity index (χ1) is 8.66. The van der Waals surface area contributed by atoms with E-state index in [1.165, 1.54) is 0 Å². The number of hydrogen-bond acceptors (Lipinski definition) is 3. The maximum atomic E-state index is 11.9.